The van der Waals surface area contributed by atoms with Crippen LogP contribution in [0.4, 0.5) is 11.4 Å². The molecule has 6 rings (SSSR count). The molecule has 0 saturated carbocycles. The van der Waals surface area contributed by atoms with Crippen molar-refractivity contribution in [3.05, 3.63) is 85.5 Å². The number of nitrogens with zero attached hydrogens (tertiary/aromatic N) is 12. The van der Waals surface area contributed by atoms with Gasteiger partial charge in [-0.25, -0.2) is 9.97 Å². The number of rotatable bonds is 26. The lowest BCUT2D eigenvalue weighted by molar-refractivity contribution is 0.0890. The number of hydrogen-bond donors (Lipinski definition) is 0. The van der Waals surface area contributed by atoms with Crippen LogP contribution in [0.3, 0.4) is 0 Å². The first-order valence-corrected chi connectivity index (χ1v) is 23.9. The van der Waals surface area contributed by atoms with E-state index >= 15 is 4.79 Å². The first kappa shape index (κ1) is 48.3. The Morgan fingerprint density at radius 2 is 0.984 bits per heavy atom. The Balaban J connectivity index is 1.35. The summed E-state index contributed by atoms with van der Waals surface area (Å²) >= 11 is 0. The molecular formula is C51H74N12O. The lowest BCUT2D eigenvalue weighted by atomic mass is 10.1. The fourth-order valence-electron chi connectivity index (χ4n) is 8.94. The molecule has 4 heterocycles. The fourth-order valence-corrected chi connectivity index (χ4v) is 8.94. The molecule has 2 aromatic carbocycles. The highest BCUT2D eigenvalue weighted by Gasteiger charge is 2.28. The Hall–Kier alpha value is -5.21. The third kappa shape index (κ3) is 11.5. The van der Waals surface area contributed by atoms with E-state index in [9.17, 15) is 0 Å². The molecule has 0 spiro atoms. The van der Waals surface area contributed by atoms with Crippen LogP contribution in [0.25, 0.3) is 44.8 Å². The maximum atomic E-state index is 15.2. The average molecular weight is 871 g/mol. The molecule has 0 aliphatic rings. The highest BCUT2D eigenvalue weighted by Crippen LogP contribution is 2.30. The summed E-state index contributed by atoms with van der Waals surface area (Å²) in [6, 6.07) is 21.2. The van der Waals surface area contributed by atoms with Gasteiger partial charge in [0.15, 0.2) is 0 Å². The van der Waals surface area contributed by atoms with E-state index in [2.05, 4.69) is 155 Å². The van der Waals surface area contributed by atoms with Crippen LogP contribution >= 0.6 is 0 Å². The van der Waals surface area contributed by atoms with Gasteiger partial charge < -0.3 is 34.0 Å². The van der Waals surface area contributed by atoms with Crippen LogP contribution in [0.5, 0.6) is 0 Å². The van der Waals surface area contributed by atoms with Gasteiger partial charge in [-0.05, 0) is 113 Å². The van der Waals surface area contributed by atoms with E-state index in [1.807, 2.05) is 29.1 Å². The molecule has 1 unspecified atom stereocenters. The number of aromatic nitrogens is 6. The summed E-state index contributed by atoms with van der Waals surface area (Å²) in [5.74, 6) is 1.56. The lowest BCUT2D eigenvalue weighted by Crippen LogP contribution is -2.48. The Morgan fingerprint density at radius 3 is 1.50 bits per heavy atom. The van der Waals surface area contributed by atoms with Gasteiger partial charge in [0, 0.05) is 94.2 Å². The molecule has 344 valence electrons. The summed E-state index contributed by atoms with van der Waals surface area (Å²) < 4.78 is 3.98. The molecule has 0 saturated heterocycles. The molecule has 0 aliphatic heterocycles. The van der Waals surface area contributed by atoms with Gasteiger partial charge in [0.1, 0.15) is 22.7 Å². The minimum atomic E-state index is -0.115. The van der Waals surface area contributed by atoms with Crippen molar-refractivity contribution in [3.8, 4) is 22.8 Å². The van der Waals surface area contributed by atoms with Crippen molar-refractivity contribution >= 4 is 39.3 Å². The summed E-state index contributed by atoms with van der Waals surface area (Å²) in [5.41, 5.74) is 7.62. The maximum absolute atomic E-state index is 15.2. The van der Waals surface area contributed by atoms with Crippen molar-refractivity contribution in [2.75, 3.05) is 108 Å². The largest absolute Gasteiger partial charge is 0.369 e. The van der Waals surface area contributed by atoms with Crippen LogP contribution in [-0.2, 0) is 7.05 Å². The SMILES string of the molecule is CCN(CC)CCN(CCN(CC)CC)c1ccc(-c2nc3cnccc3n2C(=O)CC(CN(CC)CC)N(CCN(CC)CC)c2ccc(-c3nc4cnccc4n3C)cc2)cc1. The quantitative estimate of drug-likeness (QED) is 0.0529. The predicted octanol–water partition coefficient (Wildman–Crippen LogP) is 8.13. The molecule has 13 nitrogen and oxygen atoms in total. The monoisotopic (exact) mass is 871 g/mol. The van der Waals surface area contributed by atoms with Gasteiger partial charge in [-0.3, -0.25) is 19.3 Å². The molecule has 0 N–H and O–H groups in total. The van der Waals surface area contributed by atoms with Crippen LogP contribution in [0.1, 0.15) is 66.6 Å². The summed E-state index contributed by atoms with van der Waals surface area (Å²) in [6.45, 7) is 32.0. The first-order valence-electron chi connectivity index (χ1n) is 23.9. The van der Waals surface area contributed by atoms with Crippen LogP contribution in [0, 0.1) is 0 Å². The summed E-state index contributed by atoms with van der Waals surface area (Å²) in [6.07, 6.45) is 7.46. The number of benzene rings is 2. The van der Waals surface area contributed by atoms with Gasteiger partial charge in [0.05, 0.1) is 29.5 Å². The zero-order chi connectivity index (χ0) is 45.6. The first-order chi connectivity index (χ1) is 31.2. The fraction of sp³-hybridized carbons (Fsp3) is 0.510. The van der Waals surface area contributed by atoms with Crippen molar-refractivity contribution in [3.63, 3.8) is 0 Å². The lowest BCUT2D eigenvalue weighted by Gasteiger charge is -2.38. The van der Waals surface area contributed by atoms with E-state index in [1.54, 1.807) is 12.4 Å². The minimum Gasteiger partial charge on any atom is -0.369 e. The molecule has 1 atom stereocenters. The molecular weight excluding hydrogens is 797 g/mol. The van der Waals surface area contributed by atoms with Crippen molar-refractivity contribution in [1.29, 1.82) is 0 Å². The highest BCUT2D eigenvalue weighted by atomic mass is 16.2. The van der Waals surface area contributed by atoms with E-state index in [0.29, 0.717) is 17.8 Å². The second-order valence-corrected chi connectivity index (χ2v) is 16.6. The molecule has 13 heteroatoms. The van der Waals surface area contributed by atoms with E-state index in [1.165, 1.54) is 5.69 Å². The third-order valence-corrected chi connectivity index (χ3v) is 13.3. The van der Waals surface area contributed by atoms with Crippen LogP contribution < -0.4 is 9.80 Å². The number of likely N-dealkylation sites (N-methyl/N-ethyl adjacent to an activating group) is 4. The van der Waals surface area contributed by atoms with Crippen LogP contribution in [-0.4, -0.2) is 159 Å². The van der Waals surface area contributed by atoms with Crippen LogP contribution in [0.2, 0.25) is 0 Å². The van der Waals surface area contributed by atoms with E-state index in [-0.39, 0.29) is 11.9 Å². The van der Waals surface area contributed by atoms with Crippen molar-refractivity contribution < 1.29 is 4.79 Å². The molecule has 0 fully saturated rings. The highest BCUT2D eigenvalue weighted by molar-refractivity contribution is 5.95. The van der Waals surface area contributed by atoms with Crippen LogP contribution in [0.15, 0.2) is 85.5 Å². The van der Waals surface area contributed by atoms with Crippen molar-refractivity contribution in [2.24, 2.45) is 7.05 Å². The van der Waals surface area contributed by atoms with Gasteiger partial charge in [0.2, 0.25) is 5.91 Å². The number of hydrogen-bond acceptors (Lipinski definition) is 11. The number of fused-ring (bicyclic) bond motifs is 2. The van der Waals surface area contributed by atoms with E-state index in [0.717, 1.165) is 137 Å². The smallest absolute Gasteiger partial charge is 0.234 e. The summed E-state index contributed by atoms with van der Waals surface area (Å²) in [4.78, 5) is 48.8. The number of carbonyl (C=O) groups excluding carboxylic acids is 1. The second-order valence-electron chi connectivity index (χ2n) is 16.6. The van der Waals surface area contributed by atoms with E-state index < -0.39 is 0 Å². The molecule has 0 bridgehead atoms. The number of carbonyl (C=O) groups is 1. The van der Waals surface area contributed by atoms with Gasteiger partial charge in [-0.15, -0.1) is 0 Å². The summed E-state index contributed by atoms with van der Waals surface area (Å²) in [5, 5.41) is 0. The third-order valence-electron chi connectivity index (χ3n) is 13.3. The van der Waals surface area contributed by atoms with Gasteiger partial charge in [-0.1, -0.05) is 55.4 Å². The molecule has 6 aromatic rings. The zero-order valence-electron chi connectivity index (χ0n) is 40.2. The molecule has 0 aliphatic carbocycles. The molecule has 0 amide bonds. The molecule has 0 radical (unpaired) electrons. The van der Waals surface area contributed by atoms with Gasteiger partial charge in [0.25, 0.3) is 0 Å². The van der Waals surface area contributed by atoms with Gasteiger partial charge in [-0.2, -0.15) is 0 Å². The van der Waals surface area contributed by atoms with Crippen molar-refractivity contribution in [1.82, 2.24) is 48.7 Å². The van der Waals surface area contributed by atoms with Gasteiger partial charge >= 0.3 is 0 Å². The Bertz CT molecular complexity index is 2310. The Kier molecular flexibility index (Phi) is 17.8. The molecule has 4 aromatic heterocycles. The standard InChI is InChI=1S/C51H74N12O/c1-10-57(11-2)30-33-61(34-31-58(12-3)13-4)42-22-18-41(19-23-42)51-55-46-38-53-29-27-48(46)63(51)49(64)36-44(39-60(16-7)17-8)62(35-32-59(14-5)15-6)43-24-20-40(21-25-43)50-54-45-37-52-28-26-47(45)56(50)9/h18-29,37-38,44H,10-17,30-36,39H2,1-9H3. The topological polar surface area (TPSA) is 97.9 Å². The number of aryl methyl sites for hydroxylation is 1. The normalized spacial score (nSPS) is 12.5. The second kappa shape index (κ2) is 23.6. The Morgan fingerprint density at radius 1 is 0.531 bits per heavy atom. The molecule has 64 heavy (non-hydrogen) atoms. The van der Waals surface area contributed by atoms with E-state index in [4.69, 9.17) is 9.97 Å². The predicted molar refractivity (Wildman–Crippen MR) is 267 cm³/mol. The summed E-state index contributed by atoms with van der Waals surface area (Å²) in [7, 11) is 2.05. The number of anilines is 2. The minimum absolute atomic E-state index is 0.0165. The number of imidazole rings is 2. The van der Waals surface area contributed by atoms with Crippen molar-refractivity contribution in [2.45, 2.75) is 67.9 Å². The number of pyridine rings is 2. The average Bonchev–Trinajstić information content (AvgIpc) is 3.90. The maximum Gasteiger partial charge on any atom is 0.234 e. The zero-order valence-corrected chi connectivity index (χ0v) is 40.2. The Labute approximate surface area is 382 Å².